The van der Waals surface area contributed by atoms with E-state index in [2.05, 4.69) is 4.98 Å². The standard InChI is InChI=1S/C8H3Cl2N3/c9-5-1-7(10)8-12-3-6(2-11)13(8)4-5/h1,3-4H. The van der Waals surface area contributed by atoms with Crippen LogP contribution >= 0.6 is 23.2 Å². The summed E-state index contributed by atoms with van der Waals surface area (Å²) in [5.41, 5.74) is 0.960. The van der Waals surface area contributed by atoms with E-state index in [0.717, 1.165) is 0 Å². The largest absolute Gasteiger partial charge is 0.289 e. The van der Waals surface area contributed by atoms with Crippen LogP contribution in [0.5, 0.6) is 0 Å². The molecule has 0 bridgehead atoms. The van der Waals surface area contributed by atoms with Gasteiger partial charge in [-0.25, -0.2) is 4.98 Å². The van der Waals surface area contributed by atoms with E-state index in [1.807, 2.05) is 6.07 Å². The van der Waals surface area contributed by atoms with E-state index in [4.69, 9.17) is 28.5 Å². The van der Waals surface area contributed by atoms with Crippen molar-refractivity contribution >= 4 is 28.8 Å². The Morgan fingerprint density at radius 3 is 2.92 bits per heavy atom. The van der Waals surface area contributed by atoms with Crippen LogP contribution in [0, 0.1) is 11.3 Å². The van der Waals surface area contributed by atoms with Gasteiger partial charge in [0.25, 0.3) is 0 Å². The summed E-state index contributed by atoms with van der Waals surface area (Å²) in [6.07, 6.45) is 3.06. The van der Waals surface area contributed by atoms with Gasteiger partial charge in [0.15, 0.2) is 5.65 Å². The minimum Gasteiger partial charge on any atom is -0.289 e. The summed E-state index contributed by atoms with van der Waals surface area (Å²) in [6.45, 7) is 0. The first-order chi connectivity index (χ1) is 6.22. The van der Waals surface area contributed by atoms with Crippen molar-refractivity contribution < 1.29 is 0 Å². The second kappa shape index (κ2) is 2.91. The lowest BCUT2D eigenvalue weighted by atomic mass is 10.4. The maximum atomic E-state index is 8.71. The van der Waals surface area contributed by atoms with E-state index < -0.39 is 0 Å². The van der Waals surface area contributed by atoms with Crippen LogP contribution < -0.4 is 0 Å². The number of nitriles is 1. The second-order valence-electron chi connectivity index (χ2n) is 2.46. The molecular weight excluding hydrogens is 209 g/mol. The Morgan fingerprint density at radius 1 is 1.46 bits per heavy atom. The Morgan fingerprint density at radius 2 is 2.23 bits per heavy atom. The molecule has 2 aromatic rings. The molecule has 0 spiro atoms. The molecular formula is C8H3Cl2N3. The van der Waals surface area contributed by atoms with Crippen LogP contribution in [0.15, 0.2) is 18.5 Å². The summed E-state index contributed by atoms with van der Waals surface area (Å²) in [5, 5.41) is 9.63. The number of nitrogens with zero attached hydrogens (tertiary/aromatic N) is 3. The highest BCUT2D eigenvalue weighted by Gasteiger charge is 2.06. The van der Waals surface area contributed by atoms with E-state index in [1.54, 1.807) is 16.7 Å². The predicted molar refractivity (Wildman–Crippen MR) is 49.9 cm³/mol. The molecule has 3 nitrogen and oxygen atoms in total. The lowest BCUT2D eigenvalue weighted by molar-refractivity contribution is 1.15. The third-order valence-corrected chi connectivity index (χ3v) is 2.13. The number of pyridine rings is 1. The van der Waals surface area contributed by atoms with Crippen molar-refractivity contribution in [2.45, 2.75) is 0 Å². The van der Waals surface area contributed by atoms with Gasteiger partial charge in [-0.05, 0) is 6.07 Å². The zero-order valence-corrected chi connectivity index (χ0v) is 7.84. The van der Waals surface area contributed by atoms with Crippen molar-refractivity contribution in [3.8, 4) is 6.07 Å². The van der Waals surface area contributed by atoms with E-state index in [-0.39, 0.29) is 0 Å². The van der Waals surface area contributed by atoms with Crippen molar-refractivity contribution in [3.05, 3.63) is 34.2 Å². The van der Waals surface area contributed by atoms with Crippen molar-refractivity contribution in [3.63, 3.8) is 0 Å². The number of rotatable bonds is 0. The Bertz CT molecular complexity index is 510. The zero-order valence-electron chi connectivity index (χ0n) is 6.33. The molecule has 64 valence electrons. The smallest absolute Gasteiger partial charge is 0.156 e. The van der Waals surface area contributed by atoms with E-state index >= 15 is 0 Å². The Balaban J connectivity index is 2.92. The summed E-state index contributed by atoms with van der Waals surface area (Å²) in [7, 11) is 0. The highest BCUT2D eigenvalue weighted by Crippen LogP contribution is 2.21. The number of fused-ring (bicyclic) bond motifs is 1. The Kier molecular flexibility index (Phi) is 1.87. The summed E-state index contributed by atoms with van der Waals surface area (Å²) >= 11 is 11.6. The zero-order chi connectivity index (χ0) is 9.42. The van der Waals surface area contributed by atoms with Crippen molar-refractivity contribution in [1.82, 2.24) is 9.38 Å². The summed E-state index contributed by atoms with van der Waals surface area (Å²) in [5.74, 6) is 0. The van der Waals surface area contributed by atoms with Gasteiger partial charge in [-0.15, -0.1) is 0 Å². The molecule has 0 radical (unpaired) electrons. The summed E-state index contributed by atoms with van der Waals surface area (Å²) < 4.78 is 1.56. The fraction of sp³-hybridized carbons (Fsp3) is 0. The van der Waals surface area contributed by atoms with Gasteiger partial charge in [-0.2, -0.15) is 5.26 Å². The number of hydrogen-bond acceptors (Lipinski definition) is 2. The molecule has 0 atom stereocenters. The molecule has 2 heterocycles. The number of halogens is 2. The maximum absolute atomic E-state index is 8.71. The van der Waals surface area contributed by atoms with Gasteiger partial charge in [0.2, 0.25) is 0 Å². The second-order valence-corrected chi connectivity index (χ2v) is 3.30. The lowest BCUT2D eigenvalue weighted by Gasteiger charge is -1.97. The molecule has 0 saturated heterocycles. The molecule has 0 amide bonds. The molecule has 5 heteroatoms. The first kappa shape index (κ1) is 8.36. The van der Waals surface area contributed by atoms with Gasteiger partial charge in [0.1, 0.15) is 11.8 Å². The van der Waals surface area contributed by atoms with Gasteiger partial charge < -0.3 is 0 Å². The molecule has 2 rings (SSSR count). The Labute approximate surface area is 84.1 Å². The summed E-state index contributed by atoms with van der Waals surface area (Å²) in [6, 6.07) is 3.58. The molecule has 0 fully saturated rings. The van der Waals surface area contributed by atoms with Crippen LogP contribution in [0.2, 0.25) is 10.0 Å². The van der Waals surface area contributed by atoms with Gasteiger partial charge in [0, 0.05) is 6.20 Å². The first-order valence-corrected chi connectivity index (χ1v) is 4.20. The molecule has 2 aromatic heterocycles. The number of imidazole rings is 1. The van der Waals surface area contributed by atoms with Crippen LogP contribution in [0.3, 0.4) is 0 Å². The van der Waals surface area contributed by atoms with Crippen LogP contribution in [0.4, 0.5) is 0 Å². The molecule has 0 saturated carbocycles. The highest BCUT2D eigenvalue weighted by molar-refractivity contribution is 6.36. The normalized spacial score (nSPS) is 10.2. The molecule has 0 N–H and O–H groups in total. The molecule has 0 unspecified atom stereocenters. The average molecular weight is 212 g/mol. The van der Waals surface area contributed by atoms with Gasteiger partial charge in [-0.1, -0.05) is 23.2 Å². The van der Waals surface area contributed by atoms with Gasteiger partial charge in [0.05, 0.1) is 16.2 Å². The fourth-order valence-corrected chi connectivity index (χ4v) is 1.62. The van der Waals surface area contributed by atoms with E-state index in [1.165, 1.54) is 6.20 Å². The van der Waals surface area contributed by atoms with E-state index in [9.17, 15) is 0 Å². The van der Waals surface area contributed by atoms with Crippen LogP contribution in [0.1, 0.15) is 5.69 Å². The van der Waals surface area contributed by atoms with Crippen molar-refractivity contribution in [1.29, 1.82) is 5.26 Å². The minimum absolute atomic E-state index is 0.416. The minimum atomic E-state index is 0.416. The number of hydrogen-bond donors (Lipinski definition) is 0. The number of aromatic nitrogens is 2. The SMILES string of the molecule is N#Cc1cnc2c(Cl)cc(Cl)cn12. The highest BCUT2D eigenvalue weighted by atomic mass is 35.5. The average Bonchev–Trinajstić information content (AvgIpc) is 2.47. The molecule has 0 aromatic carbocycles. The van der Waals surface area contributed by atoms with Crippen LogP contribution in [0.25, 0.3) is 5.65 Å². The third kappa shape index (κ3) is 1.24. The van der Waals surface area contributed by atoms with Gasteiger partial charge >= 0.3 is 0 Å². The van der Waals surface area contributed by atoms with Crippen molar-refractivity contribution in [2.75, 3.05) is 0 Å². The summed E-state index contributed by atoms with van der Waals surface area (Å²) in [4.78, 5) is 3.98. The van der Waals surface area contributed by atoms with E-state index in [0.29, 0.717) is 21.4 Å². The topological polar surface area (TPSA) is 41.1 Å². The predicted octanol–water partition coefficient (Wildman–Crippen LogP) is 2.51. The molecule has 0 aliphatic carbocycles. The fourth-order valence-electron chi connectivity index (χ4n) is 1.10. The van der Waals surface area contributed by atoms with Crippen molar-refractivity contribution in [2.24, 2.45) is 0 Å². The van der Waals surface area contributed by atoms with Gasteiger partial charge in [-0.3, -0.25) is 4.40 Å². The molecule has 13 heavy (non-hydrogen) atoms. The maximum Gasteiger partial charge on any atom is 0.156 e. The molecule has 0 aliphatic heterocycles. The third-order valence-electron chi connectivity index (χ3n) is 1.64. The monoisotopic (exact) mass is 211 g/mol. The quantitative estimate of drug-likeness (QED) is 0.673. The van der Waals surface area contributed by atoms with Crippen LogP contribution in [-0.4, -0.2) is 9.38 Å². The molecule has 0 aliphatic rings. The Hall–Kier alpha value is -1.24. The lowest BCUT2D eigenvalue weighted by Crippen LogP contribution is -1.88. The van der Waals surface area contributed by atoms with Crippen LogP contribution in [-0.2, 0) is 0 Å². The first-order valence-electron chi connectivity index (χ1n) is 3.44.